The number of aromatic nitrogens is 2. The first-order valence-electron chi connectivity index (χ1n) is 13.4. The predicted octanol–water partition coefficient (Wildman–Crippen LogP) is 5.64. The Hall–Kier alpha value is -5.76. The van der Waals surface area contributed by atoms with Crippen molar-refractivity contribution < 1.29 is 0 Å². The van der Waals surface area contributed by atoms with Gasteiger partial charge in [-0.2, -0.15) is 0 Å². The summed E-state index contributed by atoms with van der Waals surface area (Å²) in [5, 5.41) is 3.88. The number of aliphatic imine (C=N–C) groups is 4. The van der Waals surface area contributed by atoms with Gasteiger partial charge < -0.3 is 9.97 Å². The molecule has 9 rings (SSSR count). The molecular weight excluding hydrogens is 508 g/mol. The van der Waals surface area contributed by atoms with Gasteiger partial charge in [-0.25, -0.2) is 25.0 Å². The van der Waals surface area contributed by atoms with Crippen LogP contribution in [0.15, 0.2) is 127 Å². The molecule has 0 radical (unpaired) electrons. The molecule has 1 unspecified atom stereocenters. The highest BCUT2D eigenvalue weighted by Gasteiger charge is 2.25. The van der Waals surface area contributed by atoms with Crippen molar-refractivity contribution in [2.45, 2.75) is 6.04 Å². The van der Waals surface area contributed by atoms with E-state index >= 15 is 0 Å². The van der Waals surface area contributed by atoms with Crippen LogP contribution in [0.5, 0.6) is 0 Å². The number of H-pyrrole nitrogens is 2. The van der Waals surface area contributed by atoms with E-state index in [2.05, 4.69) is 22.1 Å². The van der Waals surface area contributed by atoms with Crippen molar-refractivity contribution in [2.75, 3.05) is 0 Å². The zero-order chi connectivity index (χ0) is 26.9. The molecule has 0 saturated heterocycles. The SMILES string of the molecule is C1=N\c2[nH]c(c3ccccc23)/N=C2\N=C(N=c3[nH]c(c4ccccc34)=NC3=NC/1c1ccccc13)c1ccccc12. The third kappa shape index (κ3) is 3.34. The number of fused-ring (bicyclic) bond motifs is 18. The molecule has 3 aliphatic heterocycles. The molecule has 8 heteroatoms. The first-order valence-corrected chi connectivity index (χ1v) is 13.4. The highest BCUT2D eigenvalue weighted by atomic mass is 15.1. The number of hydrogen-bond donors (Lipinski definition) is 2. The van der Waals surface area contributed by atoms with Gasteiger partial charge in [0, 0.05) is 44.4 Å². The second-order valence-corrected chi connectivity index (χ2v) is 10.1. The number of benzene rings is 4. The number of hydrogen-bond acceptors (Lipinski definition) is 6. The van der Waals surface area contributed by atoms with Crippen molar-refractivity contribution >= 4 is 56.9 Å². The maximum Gasteiger partial charge on any atom is 0.164 e. The second-order valence-electron chi connectivity index (χ2n) is 10.1. The van der Waals surface area contributed by atoms with Crippen LogP contribution in [0.3, 0.4) is 0 Å². The molecule has 0 aliphatic carbocycles. The molecule has 0 amide bonds. The highest BCUT2D eigenvalue weighted by Crippen LogP contribution is 2.36. The molecule has 41 heavy (non-hydrogen) atoms. The Kier molecular flexibility index (Phi) is 4.51. The minimum Gasteiger partial charge on any atom is -0.324 e. The highest BCUT2D eigenvalue weighted by molar-refractivity contribution is 6.23. The minimum absolute atomic E-state index is 0.267. The Balaban J connectivity index is 1.39. The van der Waals surface area contributed by atoms with E-state index in [4.69, 9.17) is 30.0 Å². The number of aromatic amines is 2. The summed E-state index contributed by atoms with van der Waals surface area (Å²) in [4.78, 5) is 36.8. The molecule has 0 spiro atoms. The molecule has 0 saturated carbocycles. The standard InChI is InChI=1S/C33H20N8/c1-2-10-19-18(9-1)26-17-34-27-20-11-3-4-12-21(20)29(36-27)38-31-24-15-7-8-16-25(24)33(40-31)41-32-23-14-6-5-13-22(23)30(39-32)37-28(19)35-26/h1-17,26,36H,(H,35,37,38,39,40,41)/b34-17-. The molecular formula is C33H20N8. The van der Waals surface area contributed by atoms with Gasteiger partial charge in [0.05, 0.1) is 0 Å². The molecule has 1 atom stereocenters. The van der Waals surface area contributed by atoms with Gasteiger partial charge in [0.1, 0.15) is 28.7 Å². The topological polar surface area (TPSA) is 106 Å². The average Bonchev–Trinajstić information content (AvgIpc) is 3.75. The van der Waals surface area contributed by atoms with Crippen LogP contribution in [-0.4, -0.2) is 33.7 Å². The van der Waals surface area contributed by atoms with Gasteiger partial charge in [-0.1, -0.05) is 97.1 Å². The van der Waals surface area contributed by atoms with Crippen LogP contribution in [0, 0.1) is 0 Å². The number of rotatable bonds is 0. The van der Waals surface area contributed by atoms with E-state index in [1.54, 1.807) is 0 Å². The average molecular weight is 529 g/mol. The fraction of sp³-hybridized carbons (Fsp3) is 0.0303. The molecule has 8 nitrogen and oxygen atoms in total. The Bertz CT molecular complexity index is 2330. The van der Waals surface area contributed by atoms with Crippen molar-refractivity contribution in [3.63, 3.8) is 0 Å². The minimum atomic E-state index is -0.267. The largest absolute Gasteiger partial charge is 0.324 e. The maximum absolute atomic E-state index is 5.04. The summed E-state index contributed by atoms with van der Waals surface area (Å²) < 4.78 is 0. The molecule has 5 heterocycles. The molecule has 0 fully saturated rings. The van der Waals surface area contributed by atoms with Gasteiger partial charge in [-0.05, 0) is 5.56 Å². The molecule has 3 aliphatic rings. The van der Waals surface area contributed by atoms with Crippen molar-refractivity contribution in [3.05, 3.63) is 130 Å². The van der Waals surface area contributed by atoms with Gasteiger partial charge >= 0.3 is 0 Å². The summed E-state index contributed by atoms with van der Waals surface area (Å²) in [6.45, 7) is 0. The first-order chi connectivity index (χ1) is 20.3. The fourth-order valence-corrected chi connectivity index (χ4v) is 5.81. The van der Waals surface area contributed by atoms with Crippen LogP contribution in [0.25, 0.3) is 21.5 Å². The number of nitrogens with one attached hydrogen (secondary N) is 2. The van der Waals surface area contributed by atoms with Gasteiger partial charge in [0.25, 0.3) is 0 Å². The number of amidine groups is 3. The lowest BCUT2D eigenvalue weighted by Gasteiger charge is -2.02. The van der Waals surface area contributed by atoms with Crippen LogP contribution >= 0.6 is 0 Å². The van der Waals surface area contributed by atoms with E-state index in [1.165, 1.54) is 0 Å². The fourth-order valence-electron chi connectivity index (χ4n) is 5.81. The summed E-state index contributed by atoms with van der Waals surface area (Å²) >= 11 is 0. The Morgan fingerprint density at radius 3 is 1.76 bits per heavy atom. The Morgan fingerprint density at radius 2 is 1.02 bits per heavy atom. The summed E-state index contributed by atoms with van der Waals surface area (Å²) in [7, 11) is 0. The monoisotopic (exact) mass is 528 g/mol. The lowest BCUT2D eigenvalue weighted by atomic mass is 10.0. The van der Waals surface area contributed by atoms with Crippen molar-refractivity contribution in [3.8, 4) is 0 Å². The molecule has 4 aromatic carbocycles. The quantitative estimate of drug-likeness (QED) is 0.255. The zero-order valence-electron chi connectivity index (χ0n) is 21.6. The zero-order valence-corrected chi connectivity index (χ0v) is 21.6. The predicted molar refractivity (Wildman–Crippen MR) is 162 cm³/mol. The first kappa shape index (κ1) is 22.1. The molecule has 6 aromatic rings. The van der Waals surface area contributed by atoms with E-state index in [0.29, 0.717) is 34.3 Å². The van der Waals surface area contributed by atoms with Gasteiger partial charge in [0.15, 0.2) is 17.5 Å². The van der Waals surface area contributed by atoms with Gasteiger partial charge in [-0.3, -0.25) is 4.99 Å². The van der Waals surface area contributed by atoms with Crippen molar-refractivity contribution in [1.29, 1.82) is 0 Å². The Morgan fingerprint density at radius 1 is 0.463 bits per heavy atom. The normalized spacial score (nSPS) is 18.8. The second kappa shape index (κ2) is 8.37. The summed E-state index contributed by atoms with van der Waals surface area (Å²) in [5.74, 6) is 3.28. The molecule has 2 N–H and O–H groups in total. The lowest BCUT2D eigenvalue weighted by Crippen LogP contribution is -2.15. The third-order valence-corrected chi connectivity index (χ3v) is 7.75. The van der Waals surface area contributed by atoms with Crippen molar-refractivity contribution in [2.24, 2.45) is 30.0 Å². The van der Waals surface area contributed by atoms with Crippen LogP contribution in [0.1, 0.15) is 28.3 Å². The lowest BCUT2D eigenvalue weighted by molar-refractivity contribution is 1.01. The van der Waals surface area contributed by atoms with E-state index in [-0.39, 0.29) is 6.04 Å². The number of nitrogens with zero attached hydrogens (tertiary/aromatic N) is 6. The third-order valence-electron chi connectivity index (χ3n) is 7.75. The van der Waals surface area contributed by atoms with E-state index < -0.39 is 0 Å². The molecule has 2 aromatic heterocycles. The maximum atomic E-state index is 5.04. The van der Waals surface area contributed by atoms with Crippen molar-refractivity contribution in [1.82, 2.24) is 9.97 Å². The van der Waals surface area contributed by atoms with Crippen LogP contribution in [0.2, 0.25) is 0 Å². The van der Waals surface area contributed by atoms with Crippen LogP contribution in [-0.2, 0) is 0 Å². The van der Waals surface area contributed by atoms with Crippen LogP contribution < -0.4 is 11.0 Å². The van der Waals surface area contributed by atoms with E-state index in [1.807, 2.05) is 91.1 Å². The van der Waals surface area contributed by atoms with Gasteiger partial charge in [0.2, 0.25) is 0 Å². The van der Waals surface area contributed by atoms with Crippen LogP contribution in [0.4, 0.5) is 11.6 Å². The van der Waals surface area contributed by atoms with Gasteiger partial charge in [-0.15, -0.1) is 0 Å². The molecule has 192 valence electrons. The smallest absolute Gasteiger partial charge is 0.164 e. The summed E-state index contributed by atoms with van der Waals surface area (Å²) in [6, 6.07) is 32.2. The summed E-state index contributed by atoms with van der Waals surface area (Å²) in [5.41, 5.74) is 5.31. The van der Waals surface area contributed by atoms with E-state index in [0.717, 1.165) is 49.6 Å². The Labute approximate surface area is 233 Å². The summed E-state index contributed by atoms with van der Waals surface area (Å²) in [6.07, 6.45) is 1.88. The molecule has 8 bridgehead atoms. The van der Waals surface area contributed by atoms with E-state index in [9.17, 15) is 0 Å².